The van der Waals surface area contributed by atoms with Gasteiger partial charge in [-0.25, -0.2) is 4.79 Å². The molecule has 0 atom stereocenters. The number of methoxy groups -OCH3 is 1. The Bertz CT molecular complexity index is 1370. The minimum absolute atomic E-state index is 0.0950. The summed E-state index contributed by atoms with van der Waals surface area (Å²) < 4.78 is 13.5. The van der Waals surface area contributed by atoms with Crippen LogP contribution in [0.4, 0.5) is 5.00 Å². The lowest BCUT2D eigenvalue weighted by molar-refractivity contribution is -0.113. The van der Waals surface area contributed by atoms with Gasteiger partial charge in [-0.05, 0) is 36.8 Å². The lowest BCUT2D eigenvalue weighted by Crippen LogP contribution is -2.16. The van der Waals surface area contributed by atoms with Crippen LogP contribution in [-0.2, 0) is 23.2 Å². The molecule has 0 saturated carbocycles. The highest BCUT2D eigenvalue weighted by molar-refractivity contribution is 9.10. The number of anilines is 1. The molecule has 1 amide bonds. The fraction of sp³-hybridized carbons (Fsp3) is 0.200. The highest BCUT2D eigenvalue weighted by Gasteiger charge is 2.25. The fourth-order valence-corrected chi connectivity index (χ4v) is 5.52. The molecule has 8 nitrogen and oxygen atoms in total. The van der Waals surface area contributed by atoms with Crippen LogP contribution in [0.1, 0.15) is 21.1 Å². The second kappa shape index (κ2) is 11.7. The Morgan fingerprint density at radius 2 is 1.83 bits per heavy atom. The molecular weight excluding hydrogens is 564 g/mol. The molecule has 36 heavy (non-hydrogen) atoms. The van der Waals surface area contributed by atoms with Crippen molar-refractivity contribution in [1.82, 2.24) is 14.8 Å². The zero-order valence-electron chi connectivity index (χ0n) is 19.8. The van der Waals surface area contributed by atoms with E-state index in [0.29, 0.717) is 21.5 Å². The number of ether oxygens (including phenoxy) is 2. The molecular formula is C25H23BrN4O4S2. The minimum Gasteiger partial charge on any atom is -0.486 e. The number of nitrogens with one attached hydrogen (secondary N) is 1. The van der Waals surface area contributed by atoms with E-state index in [1.807, 2.05) is 68.6 Å². The number of thioether (sulfide) groups is 1. The summed E-state index contributed by atoms with van der Waals surface area (Å²) in [6, 6.07) is 17.1. The summed E-state index contributed by atoms with van der Waals surface area (Å²) in [7, 11) is 3.16. The molecule has 0 spiro atoms. The largest absolute Gasteiger partial charge is 0.486 e. The Morgan fingerprint density at radius 1 is 1.11 bits per heavy atom. The zero-order valence-corrected chi connectivity index (χ0v) is 23.0. The highest BCUT2D eigenvalue weighted by atomic mass is 79.9. The smallest absolute Gasteiger partial charge is 0.341 e. The number of thiophene rings is 1. The SMILES string of the molecule is COC(=O)c1c(NC(=O)CSc2nnc(COc3ccc(Br)cc3)n2C)sc(C)c1-c1ccccc1. The standard InChI is InChI=1S/C25H23BrN4O4S2/c1-15-21(16-7-5-4-6-8-16)22(24(32)33-3)23(36-15)27-20(31)14-35-25-29-28-19(30(25)2)13-34-18-11-9-17(26)10-12-18/h4-12H,13-14H2,1-3H3,(H,27,31). The van der Waals surface area contributed by atoms with Gasteiger partial charge in [-0.1, -0.05) is 58.0 Å². The number of aromatic nitrogens is 3. The first-order valence-electron chi connectivity index (χ1n) is 10.8. The molecule has 0 unspecified atom stereocenters. The molecule has 0 aliphatic heterocycles. The molecule has 4 rings (SSSR count). The van der Waals surface area contributed by atoms with Crippen molar-refractivity contribution in [1.29, 1.82) is 0 Å². The predicted molar refractivity (Wildman–Crippen MR) is 145 cm³/mol. The average Bonchev–Trinajstić information content (AvgIpc) is 3.40. The number of rotatable bonds is 9. The number of carbonyl (C=O) groups excluding carboxylic acids is 2. The van der Waals surface area contributed by atoms with Crippen LogP contribution >= 0.6 is 39.0 Å². The Kier molecular flexibility index (Phi) is 8.44. The monoisotopic (exact) mass is 586 g/mol. The maximum absolute atomic E-state index is 12.8. The number of benzene rings is 2. The van der Waals surface area contributed by atoms with E-state index < -0.39 is 5.97 Å². The summed E-state index contributed by atoms with van der Waals surface area (Å²) in [5, 5.41) is 12.3. The van der Waals surface area contributed by atoms with E-state index in [1.54, 1.807) is 4.57 Å². The lowest BCUT2D eigenvalue weighted by Gasteiger charge is -2.08. The van der Waals surface area contributed by atoms with Gasteiger partial charge in [0, 0.05) is 22.0 Å². The van der Waals surface area contributed by atoms with Crippen LogP contribution in [-0.4, -0.2) is 39.5 Å². The highest BCUT2D eigenvalue weighted by Crippen LogP contribution is 2.40. The normalized spacial score (nSPS) is 10.8. The van der Waals surface area contributed by atoms with Crippen molar-refractivity contribution in [2.24, 2.45) is 7.05 Å². The zero-order chi connectivity index (χ0) is 25.7. The van der Waals surface area contributed by atoms with Crippen molar-refractivity contribution in [2.75, 3.05) is 18.2 Å². The van der Waals surface area contributed by atoms with Gasteiger partial charge >= 0.3 is 5.97 Å². The number of hydrogen-bond acceptors (Lipinski definition) is 8. The average molecular weight is 588 g/mol. The molecule has 0 saturated heterocycles. The first-order valence-corrected chi connectivity index (χ1v) is 13.4. The van der Waals surface area contributed by atoms with Gasteiger partial charge in [0.05, 0.1) is 12.9 Å². The molecule has 0 aliphatic rings. The second-order valence-electron chi connectivity index (χ2n) is 7.63. The van der Waals surface area contributed by atoms with Gasteiger partial charge in [0.1, 0.15) is 22.9 Å². The summed E-state index contributed by atoms with van der Waals surface area (Å²) in [6.45, 7) is 2.17. The van der Waals surface area contributed by atoms with Gasteiger partial charge in [-0.3, -0.25) is 4.79 Å². The topological polar surface area (TPSA) is 95.3 Å². The van der Waals surface area contributed by atoms with Gasteiger partial charge in [-0.2, -0.15) is 0 Å². The summed E-state index contributed by atoms with van der Waals surface area (Å²) in [5.74, 6) is 0.691. The molecule has 0 fully saturated rings. The number of hydrogen-bond donors (Lipinski definition) is 1. The van der Waals surface area contributed by atoms with Gasteiger partial charge in [0.25, 0.3) is 0 Å². The quantitative estimate of drug-likeness (QED) is 0.198. The van der Waals surface area contributed by atoms with Crippen molar-refractivity contribution < 1.29 is 19.1 Å². The molecule has 11 heteroatoms. The molecule has 2 aromatic heterocycles. The van der Waals surface area contributed by atoms with Crippen molar-refractivity contribution in [3.8, 4) is 16.9 Å². The number of esters is 1. The Balaban J connectivity index is 1.42. The Hall–Kier alpha value is -3.15. The maximum Gasteiger partial charge on any atom is 0.341 e. The maximum atomic E-state index is 12.8. The van der Waals surface area contributed by atoms with Crippen LogP contribution in [0.15, 0.2) is 64.2 Å². The summed E-state index contributed by atoms with van der Waals surface area (Å²) in [6.07, 6.45) is 0. The van der Waals surface area contributed by atoms with E-state index >= 15 is 0 Å². The molecule has 0 radical (unpaired) electrons. The first-order chi connectivity index (χ1) is 17.4. The van der Waals surface area contributed by atoms with E-state index in [1.165, 1.54) is 30.2 Å². The van der Waals surface area contributed by atoms with Crippen molar-refractivity contribution in [2.45, 2.75) is 18.7 Å². The van der Waals surface area contributed by atoms with Crippen LogP contribution in [0, 0.1) is 6.92 Å². The van der Waals surface area contributed by atoms with Crippen LogP contribution in [0.5, 0.6) is 5.75 Å². The van der Waals surface area contributed by atoms with Crippen LogP contribution in [0.3, 0.4) is 0 Å². The Labute approximate surface area is 225 Å². The van der Waals surface area contributed by atoms with E-state index in [4.69, 9.17) is 9.47 Å². The minimum atomic E-state index is -0.495. The van der Waals surface area contributed by atoms with Crippen LogP contribution in [0.25, 0.3) is 11.1 Å². The summed E-state index contributed by atoms with van der Waals surface area (Å²) >= 11 is 5.99. The van der Waals surface area contributed by atoms with E-state index in [0.717, 1.165) is 26.2 Å². The van der Waals surface area contributed by atoms with Crippen LogP contribution < -0.4 is 10.1 Å². The van der Waals surface area contributed by atoms with Gasteiger partial charge in [0.15, 0.2) is 11.0 Å². The molecule has 0 aliphatic carbocycles. The summed E-state index contributed by atoms with van der Waals surface area (Å²) in [5.41, 5.74) is 2.01. The van der Waals surface area contributed by atoms with E-state index in [-0.39, 0.29) is 18.3 Å². The second-order valence-corrected chi connectivity index (χ2v) is 10.7. The van der Waals surface area contributed by atoms with Crippen molar-refractivity contribution in [3.05, 3.63) is 75.3 Å². The number of amides is 1. The third kappa shape index (κ3) is 5.97. The molecule has 1 N–H and O–H groups in total. The fourth-order valence-electron chi connectivity index (χ4n) is 3.45. The van der Waals surface area contributed by atoms with Crippen molar-refractivity contribution >= 4 is 55.9 Å². The lowest BCUT2D eigenvalue weighted by atomic mass is 10.0. The third-order valence-electron chi connectivity index (χ3n) is 5.23. The first kappa shape index (κ1) is 25.9. The number of halogens is 1. The molecule has 4 aromatic rings. The van der Waals surface area contributed by atoms with Gasteiger partial charge in [0.2, 0.25) is 5.91 Å². The van der Waals surface area contributed by atoms with Gasteiger partial charge in [-0.15, -0.1) is 21.5 Å². The van der Waals surface area contributed by atoms with E-state index in [2.05, 4.69) is 31.4 Å². The predicted octanol–water partition coefficient (Wildman–Crippen LogP) is 5.71. The van der Waals surface area contributed by atoms with Crippen LogP contribution in [0.2, 0.25) is 0 Å². The molecule has 0 bridgehead atoms. The molecule has 186 valence electrons. The number of aryl methyl sites for hydroxylation is 1. The molecule has 2 heterocycles. The molecule has 2 aromatic carbocycles. The van der Waals surface area contributed by atoms with Gasteiger partial charge < -0.3 is 19.4 Å². The van der Waals surface area contributed by atoms with E-state index in [9.17, 15) is 9.59 Å². The Morgan fingerprint density at radius 3 is 2.53 bits per heavy atom. The summed E-state index contributed by atoms with van der Waals surface area (Å²) in [4.78, 5) is 26.3. The number of carbonyl (C=O) groups is 2. The van der Waals surface area contributed by atoms with Crippen molar-refractivity contribution in [3.63, 3.8) is 0 Å². The number of nitrogens with zero attached hydrogens (tertiary/aromatic N) is 3. The third-order valence-corrected chi connectivity index (χ3v) is 7.80.